The lowest BCUT2D eigenvalue weighted by molar-refractivity contribution is -0.153. The average Bonchev–Trinajstić information content (AvgIpc) is 3.04. The zero-order valence-corrected chi connectivity index (χ0v) is 10.7. The molecule has 11 nitrogen and oxygen atoms in total. The van der Waals surface area contributed by atoms with Crippen LogP contribution in [0.25, 0.3) is 0 Å². The molecule has 1 aliphatic rings. The number of amides is 1. The van der Waals surface area contributed by atoms with E-state index in [1.807, 2.05) is 0 Å². The average molecular weight is 302 g/mol. The highest BCUT2D eigenvalue weighted by molar-refractivity contribution is 5.88. The van der Waals surface area contributed by atoms with E-state index in [0.29, 0.717) is 0 Å². The monoisotopic (exact) mass is 302 g/mol. The lowest BCUT2D eigenvalue weighted by atomic mass is 10.1. The van der Waals surface area contributed by atoms with E-state index >= 15 is 0 Å². The summed E-state index contributed by atoms with van der Waals surface area (Å²) in [4.78, 5) is 25.4. The molecule has 1 aromatic heterocycles. The number of aliphatic hydroxyl groups excluding tert-OH is 3. The van der Waals surface area contributed by atoms with Crippen molar-refractivity contribution in [1.29, 1.82) is 0 Å². The maximum absolute atomic E-state index is 10.9. The van der Waals surface area contributed by atoms with Crippen LogP contribution in [0, 0.1) is 0 Å². The molecule has 11 heteroatoms. The molecule has 2 heterocycles. The molecule has 1 fully saturated rings. The van der Waals surface area contributed by atoms with Crippen molar-refractivity contribution in [3.8, 4) is 0 Å². The molecule has 0 unspecified atom stereocenters. The van der Waals surface area contributed by atoms with E-state index < -0.39 is 43.0 Å². The fourth-order valence-corrected chi connectivity index (χ4v) is 1.82. The Morgan fingerprint density at radius 1 is 1.43 bits per heavy atom. The topological polar surface area (TPSA) is 170 Å². The fourth-order valence-electron chi connectivity index (χ4n) is 1.82. The predicted molar refractivity (Wildman–Crippen MR) is 62.5 cm³/mol. The number of aliphatic hydroxyl groups is 3. The Morgan fingerprint density at radius 2 is 2.14 bits per heavy atom. The normalized spacial score (nSPS) is 28.5. The predicted octanol–water partition coefficient (Wildman–Crippen LogP) is -3.47. The first-order chi connectivity index (χ1) is 9.93. The Morgan fingerprint density at radius 3 is 2.71 bits per heavy atom. The Balaban J connectivity index is 2.04. The molecule has 0 saturated carbocycles. The maximum Gasteiger partial charge on any atom is 0.331 e. The number of hydrogen-bond acceptors (Lipinski definition) is 9. The number of nitrogens with zero attached hydrogens (tertiary/aromatic N) is 3. The number of esters is 1. The molecule has 1 saturated heterocycles. The van der Waals surface area contributed by atoms with Crippen LogP contribution < -0.4 is 5.73 Å². The van der Waals surface area contributed by atoms with Gasteiger partial charge in [-0.25, -0.2) is 14.5 Å². The van der Waals surface area contributed by atoms with E-state index in [-0.39, 0.29) is 12.4 Å². The van der Waals surface area contributed by atoms with Crippen molar-refractivity contribution in [2.45, 2.75) is 24.5 Å². The number of hydrogen-bond donors (Lipinski definition) is 4. The second kappa shape index (κ2) is 6.13. The van der Waals surface area contributed by atoms with Gasteiger partial charge < -0.3 is 30.5 Å². The standard InChI is InChI=1S/C10H14N4O7/c11-8(19)9-12-3-14(13-9)10-7(18)6(17)4(21-10)2-20-5(16)1-15/h3-4,6-7,10,15,17-18H,1-2H2,(H2,11,19)/t4-,6-,7-,10-/m1/s1. The number of aromatic nitrogens is 3. The third kappa shape index (κ3) is 3.16. The molecule has 0 spiro atoms. The zero-order chi connectivity index (χ0) is 15.6. The number of rotatable bonds is 5. The van der Waals surface area contributed by atoms with Crippen LogP contribution in [0.15, 0.2) is 6.33 Å². The van der Waals surface area contributed by atoms with Crippen molar-refractivity contribution in [3.63, 3.8) is 0 Å². The summed E-state index contributed by atoms with van der Waals surface area (Å²) < 4.78 is 11.0. The van der Waals surface area contributed by atoms with Crippen molar-refractivity contribution >= 4 is 11.9 Å². The van der Waals surface area contributed by atoms with Gasteiger partial charge in [0.1, 0.15) is 37.9 Å². The first kappa shape index (κ1) is 15.3. The summed E-state index contributed by atoms with van der Waals surface area (Å²) in [6.45, 7) is -1.16. The summed E-state index contributed by atoms with van der Waals surface area (Å²) in [5.41, 5.74) is 5.00. The molecule has 0 aromatic carbocycles. The molecule has 4 atom stereocenters. The van der Waals surface area contributed by atoms with Gasteiger partial charge in [-0.3, -0.25) is 4.79 Å². The van der Waals surface area contributed by atoms with Gasteiger partial charge in [0.05, 0.1) is 0 Å². The number of primary amides is 1. The van der Waals surface area contributed by atoms with Crippen molar-refractivity contribution in [2.24, 2.45) is 5.73 Å². The third-order valence-electron chi connectivity index (χ3n) is 2.86. The summed E-state index contributed by atoms with van der Waals surface area (Å²) >= 11 is 0. The summed E-state index contributed by atoms with van der Waals surface area (Å²) in [7, 11) is 0. The van der Waals surface area contributed by atoms with Gasteiger partial charge >= 0.3 is 5.97 Å². The Labute approximate surface area is 117 Å². The molecular weight excluding hydrogens is 288 g/mol. The first-order valence-electron chi connectivity index (χ1n) is 5.93. The van der Waals surface area contributed by atoms with Gasteiger partial charge in [0, 0.05) is 0 Å². The molecule has 1 aliphatic heterocycles. The highest BCUT2D eigenvalue weighted by Crippen LogP contribution is 2.28. The van der Waals surface area contributed by atoms with Gasteiger partial charge in [-0.2, -0.15) is 0 Å². The molecule has 5 N–H and O–H groups in total. The minimum atomic E-state index is -1.37. The second-order valence-corrected chi connectivity index (χ2v) is 4.30. The van der Waals surface area contributed by atoms with E-state index in [2.05, 4.69) is 14.8 Å². The molecule has 21 heavy (non-hydrogen) atoms. The van der Waals surface area contributed by atoms with Crippen molar-refractivity contribution in [2.75, 3.05) is 13.2 Å². The van der Waals surface area contributed by atoms with Gasteiger partial charge in [-0.15, -0.1) is 5.10 Å². The largest absolute Gasteiger partial charge is 0.461 e. The molecule has 0 bridgehead atoms. The number of carbonyl (C=O) groups excluding carboxylic acids is 2. The SMILES string of the molecule is NC(=O)c1ncn([C@@H]2O[C@H](COC(=O)CO)[C@@H](O)[C@H]2O)n1. The molecule has 0 radical (unpaired) electrons. The smallest absolute Gasteiger partial charge is 0.331 e. The number of nitrogens with two attached hydrogens (primary N) is 1. The Hall–Kier alpha value is -2.08. The first-order valence-corrected chi connectivity index (χ1v) is 5.93. The number of carbonyl (C=O) groups is 2. The van der Waals surface area contributed by atoms with Crippen LogP contribution in [0.5, 0.6) is 0 Å². The van der Waals surface area contributed by atoms with Crippen molar-refractivity contribution in [3.05, 3.63) is 12.2 Å². The Bertz CT molecular complexity index is 533. The van der Waals surface area contributed by atoms with Crippen LogP contribution in [0.4, 0.5) is 0 Å². The van der Waals surface area contributed by atoms with Gasteiger partial charge in [0.2, 0.25) is 5.82 Å². The lowest BCUT2D eigenvalue weighted by Crippen LogP contribution is -2.34. The molecule has 1 aromatic rings. The van der Waals surface area contributed by atoms with Crippen LogP contribution in [0.2, 0.25) is 0 Å². The summed E-state index contributed by atoms with van der Waals surface area (Å²) in [6.07, 6.45) is -3.73. The quantitative estimate of drug-likeness (QED) is 0.403. The molecule has 1 amide bonds. The maximum atomic E-state index is 10.9. The highest BCUT2D eigenvalue weighted by Gasteiger charge is 2.44. The minimum Gasteiger partial charge on any atom is -0.461 e. The Kier molecular flexibility index (Phi) is 4.47. The van der Waals surface area contributed by atoms with Crippen LogP contribution in [-0.2, 0) is 14.3 Å². The van der Waals surface area contributed by atoms with Crippen LogP contribution in [-0.4, -0.2) is 73.5 Å². The highest BCUT2D eigenvalue weighted by atomic mass is 16.6. The van der Waals surface area contributed by atoms with E-state index in [1.165, 1.54) is 0 Å². The van der Waals surface area contributed by atoms with Crippen LogP contribution in [0.3, 0.4) is 0 Å². The lowest BCUT2D eigenvalue weighted by Gasteiger charge is -2.14. The summed E-state index contributed by atoms with van der Waals surface area (Å²) in [5, 5.41) is 31.9. The zero-order valence-electron chi connectivity index (χ0n) is 10.7. The van der Waals surface area contributed by atoms with Crippen LogP contribution >= 0.6 is 0 Å². The van der Waals surface area contributed by atoms with E-state index in [1.54, 1.807) is 0 Å². The van der Waals surface area contributed by atoms with Crippen LogP contribution in [0.1, 0.15) is 16.8 Å². The van der Waals surface area contributed by atoms with Crippen molar-refractivity contribution in [1.82, 2.24) is 14.8 Å². The van der Waals surface area contributed by atoms with Gasteiger partial charge in [-0.1, -0.05) is 0 Å². The molecular formula is C10H14N4O7. The second-order valence-electron chi connectivity index (χ2n) is 4.30. The van der Waals surface area contributed by atoms with Gasteiger partial charge in [0.25, 0.3) is 5.91 Å². The minimum absolute atomic E-state index is 0.268. The van der Waals surface area contributed by atoms with E-state index in [9.17, 15) is 19.8 Å². The molecule has 2 rings (SSSR count). The summed E-state index contributed by atoms with van der Waals surface area (Å²) in [6, 6.07) is 0. The fraction of sp³-hybridized carbons (Fsp3) is 0.600. The number of ether oxygens (including phenoxy) is 2. The summed E-state index contributed by atoms with van der Waals surface area (Å²) in [5.74, 6) is -2.01. The van der Waals surface area contributed by atoms with E-state index in [0.717, 1.165) is 11.0 Å². The van der Waals surface area contributed by atoms with E-state index in [4.69, 9.17) is 15.6 Å². The van der Waals surface area contributed by atoms with Gasteiger partial charge in [-0.05, 0) is 0 Å². The molecule has 116 valence electrons. The van der Waals surface area contributed by atoms with Crippen molar-refractivity contribution < 1.29 is 34.4 Å². The molecule has 0 aliphatic carbocycles. The third-order valence-corrected chi connectivity index (χ3v) is 2.86. The van der Waals surface area contributed by atoms with Gasteiger partial charge in [0.15, 0.2) is 6.23 Å².